The SMILES string of the molecule is CC(CNC(=O)C(C(=O)O)C(C)(C)C)N1CCCC1. The molecule has 0 radical (unpaired) electrons. The van der Waals surface area contributed by atoms with Crippen LogP contribution in [0.3, 0.4) is 0 Å². The van der Waals surface area contributed by atoms with E-state index in [4.69, 9.17) is 0 Å². The quantitative estimate of drug-likeness (QED) is 0.740. The van der Waals surface area contributed by atoms with E-state index in [9.17, 15) is 14.7 Å². The Labute approximate surface area is 115 Å². The maximum atomic E-state index is 12.0. The number of carboxylic acids is 1. The standard InChI is InChI=1S/C14H26N2O3/c1-10(16-7-5-6-8-16)9-15-12(17)11(13(18)19)14(2,3)4/h10-11H,5-9H2,1-4H3,(H,15,17)(H,18,19). The van der Waals surface area contributed by atoms with Crippen LogP contribution >= 0.6 is 0 Å². The van der Waals surface area contributed by atoms with E-state index in [0.717, 1.165) is 13.1 Å². The highest BCUT2D eigenvalue weighted by Crippen LogP contribution is 2.26. The zero-order valence-electron chi connectivity index (χ0n) is 12.4. The Balaban J connectivity index is 2.50. The summed E-state index contributed by atoms with van der Waals surface area (Å²) in [5.41, 5.74) is -0.577. The Bertz CT molecular complexity index is 330. The fourth-order valence-corrected chi connectivity index (χ4v) is 2.54. The summed E-state index contributed by atoms with van der Waals surface area (Å²) in [5, 5.41) is 12.0. The molecule has 0 saturated carbocycles. The van der Waals surface area contributed by atoms with Gasteiger partial charge in [0.05, 0.1) is 0 Å². The van der Waals surface area contributed by atoms with Crippen LogP contribution in [0, 0.1) is 11.3 Å². The molecule has 110 valence electrons. The van der Waals surface area contributed by atoms with Crippen molar-refractivity contribution in [2.75, 3.05) is 19.6 Å². The van der Waals surface area contributed by atoms with Crippen LogP contribution in [-0.2, 0) is 9.59 Å². The Morgan fingerprint density at radius 2 is 1.79 bits per heavy atom. The number of amides is 1. The third kappa shape index (κ3) is 4.49. The van der Waals surface area contributed by atoms with Crippen molar-refractivity contribution in [2.24, 2.45) is 11.3 Å². The Hall–Kier alpha value is -1.10. The van der Waals surface area contributed by atoms with Gasteiger partial charge < -0.3 is 10.4 Å². The fourth-order valence-electron chi connectivity index (χ4n) is 2.54. The first-order chi connectivity index (χ1) is 8.73. The molecule has 5 heteroatoms. The van der Waals surface area contributed by atoms with Crippen molar-refractivity contribution in [2.45, 2.75) is 46.6 Å². The van der Waals surface area contributed by atoms with Crippen molar-refractivity contribution < 1.29 is 14.7 Å². The van der Waals surface area contributed by atoms with E-state index in [1.165, 1.54) is 12.8 Å². The first-order valence-electron chi connectivity index (χ1n) is 6.98. The van der Waals surface area contributed by atoms with Crippen LogP contribution in [0.15, 0.2) is 0 Å². The number of hydrogen-bond acceptors (Lipinski definition) is 3. The third-order valence-corrected chi connectivity index (χ3v) is 3.71. The molecule has 0 spiro atoms. The van der Waals surface area contributed by atoms with Gasteiger partial charge >= 0.3 is 5.97 Å². The Kier molecular flexibility index (Phi) is 5.35. The molecule has 2 N–H and O–H groups in total. The third-order valence-electron chi connectivity index (χ3n) is 3.71. The van der Waals surface area contributed by atoms with Crippen molar-refractivity contribution in [1.82, 2.24) is 10.2 Å². The summed E-state index contributed by atoms with van der Waals surface area (Å²) < 4.78 is 0. The Morgan fingerprint density at radius 3 is 2.21 bits per heavy atom. The van der Waals surface area contributed by atoms with E-state index >= 15 is 0 Å². The molecule has 0 aromatic heterocycles. The second-order valence-corrected chi connectivity index (χ2v) is 6.47. The topological polar surface area (TPSA) is 69.6 Å². The monoisotopic (exact) mass is 270 g/mol. The molecule has 1 saturated heterocycles. The van der Waals surface area contributed by atoms with Gasteiger partial charge in [0, 0.05) is 12.6 Å². The summed E-state index contributed by atoms with van der Waals surface area (Å²) in [6.45, 7) is 10.0. The van der Waals surface area contributed by atoms with Gasteiger partial charge in [-0.25, -0.2) is 0 Å². The highest BCUT2D eigenvalue weighted by Gasteiger charge is 2.37. The molecule has 1 amide bonds. The second kappa shape index (κ2) is 6.37. The van der Waals surface area contributed by atoms with Crippen molar-refractivity contribution in [3.05, 3.63) is 0 Å². The molecule has 1 fully saturated rings. The second-order valence-electron chi connectivity index (χ2n) is 6.47. The highest BCUT2D eigenvalue weighted by atomic mass is 16.4. The summed E-state index contributed by atoms with van der Waals surface area (Å²) in [6.07, 6.45) is 2.41. The van der Waals surface area contributed by atoms with Crippen LogP contribution in [0.4, 0.5) is 0 Å². The maximum absolute atomic E-state index is 12.0. The lowest BCUT2D eigenvalue weighted by atomic mass is 9.80. The number of hydrogen-bond donors (Lipinski definition) is 2. The first-order valence-corrected chi connectivity index (χ1v) is 6.98. The average Bonchev–Trinajstić information content (AvgIpc) is 2.76. The fraction of sp³-hybridized carbons (Fsp3) is 0.857. The molecular formula is C14H26N2O3. The maximum Gasteiger partial charge on any atom is 0.316 e. The van der Waals surface area contributed by atoms with Crippen LogP contribution in [0.25, 0.3) is 0 Å². The van der Waals surface area contributed by atoms with Crippen molar-refractivity contribution in [3.8, 4) is 0 Å². The van der Waals surface area contributed by atoms with Gasteiger partial charge in [0.2, 0.25) is 5.91 Å². The van der Waals surface area contributed by atoms with Gasteiger partial charge in [0.1, 0.15) is 5.92 Å². The van der Waals surface area contributed by atoms with Crippen molar-refractivity contribution in [1.29, 1.82) is 0 Å². The summed E-state index contributed by atoms with van der Waals surface area (Å²) in [7, 11) is 0. The molecule has 0 bridgehead atoms. The minimum atomic E-state index is -1.06. The van der Waals surface area contributed by atoms with Gasteiger partial charge in [0.25, 0.3) is 0 Å². The van der Waals surface area contributed by atoms with Gasteiger partial charge in [-0.2, -0.15) is 0 Å². The predicted molar refractivity (Wildman–Crippen MR) is 73.9 cm³/mol. The van der Waals surface area contributed by atoms with Crippen LogP contribution in [0.2, 0.25) is 0 Å². The van der Waals surface area contributed by atoms with Crippen LogP contribution in [-0.4, -0.2) is 47.6 Å². The van der Waals surface area contributed by atoms with Crippen LogP contribution < -0.4 is 5.32 Å². The number of carboxylic acid groups (broad SMARTS) is 1. The molecular weight excluding hydrogens is 244 g/mol. The lowest BCUT2D eigenvalue weighted by Crippen LogP contribution is -2.47. The predicted octanol–water partition coefficient (Wildman–Crippen LogP) is 1.33. The van der Waals surface area contributed by atoms with Crippen molar-refractivity contribution in [3.63, 3.8) is 0 Å². The summed E-state index contributed by atoms with van der Waals surface area (Å²) in [4.78, 5) is 25.6. The number of likely N-dealkylation sites (tertiary alicyclic amines) is 1. The summed E-state index contributed by atoms with van der Waals surface area (Å²) >= 11 is 0. The van der Waals surface area contributed by atoms with Gasteiger partial charge in [-0.1, -0.05) is 20.8 Å². The zero-order chi connectivity index (χ0) is 14.6. The van der Waals surface area contributed by atoms with E-state index in [-0.39, 0.29) is 11.9 Å². The lowest BCUT2D eigenvalue weighted by molar-refractivity contribution is -0.151. The lowest BCUT2D eigenvalue weighted by Gasteiger charge is -2.28. The van der Waals surface area contributed by atoms with E-state index in [2.05, 4.69) is 17.1 Å². The minimum absolute atomic E-state index is 0.265. The van der Waals surface area contributed by atoms with E-state index < -0.39 is 17.3 Å². The molecule has 0 aliphatic carbocycles. The van der Waals surface area contributed by atoms with E-state index in [0.29, 0.717) is 6.54 Å². The van der Waals surface area contributed by atoms with Gasteiger partial charge in [-0.3, -0.25) is 14.5 Å². The average molecular weight is 270 g/mol. The molecule has 2 atom stereocenters. The molecule has 0 aromatic rings. The number of rotatable bonds is 5. The largest absolute Gasteiger partial charge is 0.481 e. The number of aliphatic carboxylic acids is 1. The van der Waals surface area contributed by atoms with Gasteiger partial charge in [0.15, 0.2) is 0 Å². The van der Waals surface area contributed by atoms with Gasteiger partial charge in [-0.05, 0) is 38.3 Å². The number of carbonyl (C=O) groups is 2. The van der Waals surface area contributed by atoms with E-state index in [1.54, 1.807) is 20.8 Å². The molecule has 1 heterocycles. The molecule has 0 aromatic carbocycles. The number of nitrogens with one attached hydrogen (secondary N) is 1. The number of carbonyl (C=O) groups excluding carboxylic acids is 1. The zero-order valence-corrected chi connectivity index (χ0v) is 12.4. The first kappa shape index (κ1) is 16.0. The molecule has 5 nitrogen and oxygen atoms in total. The molecule has 2 unspecified atom stereocenters. The molecule has 1 aliphatic heterocycles. The van der Waals surface area contributed by atoms with E-state index in [1.807, 2.05) is 0 Å². The van der Waals surface area contributed by atoms with Gasteiger partial charge in [-0.15, -0.1) is 0 Å². The smallest absolute Gasteiger partial charge is 0.316 e. The highest BCUT2D eigenvalue weighted by molar-refractivity contribution is 5.97. The molecule has 1 aliphatic rings. The Morgan fingerprint density at radius 1 is 1.26 bits per heavy atom. The number of nitrogens with zero attached hydrogens (tertiary/aromatic N) is 1. The molecule has 19 heavy (non-hydrogen) atoms. The minimum Gasteiger partial charge on any atom is -0.481 e. The summed E-state index contributed by atoms with van der Waals surface area (Å²) in [5.74, 6) is -2.44. The van der Waals surface area contributed by atoms with Crippen molar-refractivity contribution >= 4 is 11.9 Å². The normalized spacial score (nSPS) is 20.0. The van der Waals surface area contributed by atoms with Crippen LogP contribution in [0.5, 0.6) is 0 Å². The molecule has 1 rings (SSSR count). The van der Waals surface area contributed by atoms with Crippen LogP contribution in [0.1, 0.15) is 40.5 Å². The summed E-state index contributed by atoms with van der Waals surface area (Å²) in [6, 6.07) is 0.265.